The molecule has 3 nitrogen and oxygen atoms in total. The monoisotopic (exact) mass is 238 g/mol. The van der Waals surface area contributed by atoms with Crippen LogP contribution in [0.5, 0.6) is 5.75 Å². The summed E-state index contributed by atoms with van der Waals surface area (Å²) in [5.41, 5.74) is 0.219. The summed E-state index contributed by atoms with van der Waals surface area (Å²) in [7, 11) is -1.63. The van der Waals surface area contributed by atoms with Gasteiger partial charge in [0.2, 0.25) is 0 Å². The Morgan fingerprint density at radius 3 is 2.53 bits per heavy atom. The van der Waals surface area contributed by atoms with Crippen LogP contribution < -0.4 is 10.2 Å². The van der Waals surface area contributed by atoms with E-state index in [4.69, 9.17) is 4.74 Å². The minimum atomic E-state index is -1.63. The first-order valence-corrected chi connectivity index (χ1v) is 5.99. The Labute approximate surface area is 100 Å². The summed E-state index contributed by atoms with van der Waals surface area (Å²) >= 11 is 0. The molecule has 0 bridgehead atoms. The van der Waals surface area contributed by atoms with Crippen molar-refractivity contribution in [2.75, 3.05) is 0 Å². The van der Waals surface area contributed by atoms with Crippen LogP contribution in [0.1, 0.15) is 32.1 Å². The predicted octanol–water partition coefficient (Wildman–Crippen LogP) is 1.22. The van der Waals surface area contributed by atoms with E-state index in [1.165, 1.54) is 24.6 Å². The quantitative estimate of drug-likeness (QED) is 0.778. The molecule has 0 radical (unpaired) electrons. The molecular formula is C12H16BFO3. The van der Waals surface area contributed by atoms with E-state index in [1.54, 1.807) is 0 Å². The average molecular weight is 238 g/mol. The number of benzene rings is 1. The van der Waals surface area contributed by atoms with Crippen molar-refractivity contribution in [3.05, 3.63) is 24.0 Å². The molecule has 1 fully saturated rings. The number of halogens is 1. The third-order valence-electron chi connectivity index (χ3n) is 3.10. The van der Waals surface area contributed by atoms with Gasteiger partial charge < -0.3 is 14.8 Å². The van der Waals surface area contributed by atoms with Gasteiger partial charge in [-0.15, -0.1) is 0 Å². The highest BCUT2D eigenvalue weighted by atomic mass is 19.1. The van der Waals surface area contributed by atoms with Crippen molar-refractivity contribution in [1.82, 2.24) is 0 Å². The minimum absolute atomic E-state index is 0.0584. The highest BCUT2D eigenvalue weighted by Crippen LogP contribution is 2.23. The Morgan fingerprint density at radius 1 is 1.18 bits per heavy atom. The van der Waals surface area contributed by atoms with Crippen LogP contribution in [0.3, 0.4) is 0 Å². The number of hydrogen-bond donors (Lipinski definition) is 2. The molecule has 1 aliphatic rings. The molecule has 0 atom stereocenters. The van der Waals surface area contributed by atoms with Crippen LogP contribution in [0.2, 0.25) is 0 Å². The Balaban J connectivity index is 2.14. The maximum absolute atomic E-state index is 13.1. The van der Waals surface area contributed by atoms with Gasteiger partial charge in [0.1, 0.15) is 11.6 Å². The van der Waals surface area contributed by atoms with E-state index in [-0.39, 0.29) is 17.3 Å². The van der Waals surface area contributed by atoms with Gasteiger partial charge in [-0.1, -0.05) is 12.5 Å². The lowest BCUT2D eigenvalue weighted by molar-refractivity contribution is 0.155. The van der Waals surface area contributed by atoms with E-state index in [9.17, 15) is 14.4 Å². The van der Waals surface area contributed by atoms with Crippen LogP contribution in [0.15, 0.2) is 18.2 Å². The van der Waals surface area contributed by atoms with Crippen molar-refractivity contribution in [3.8, 4) is 5.75 Å². The second kappa shape index (κ2) is 5.51. The molecule has 2 rings (SSSR count). The van der Waals surface area contributed by atoms with Crippen LogP contribution in [0.4, 0.5) is 4.39 Å². The average Bonchev–Trinajstić information content (AvgIpc) is 2.30. The lowest BCUT2D eigenvalue weighted by Crippen LogP contribution is -2.33. The topological polar surface area (TPSA) is 49.7 Å². The van der Waals surface area contributed by atoms with Crippen molar-refractivity contribution < 1.29 is 19.2 Å². The van der Waals surface area contributed by atoms with E-state index in [2.05, 4.69) is 0 Å². The summed E-state index contributed by atoms with van der Waals surface area (Å²) in [5, 5.41) is 18.4. The van der Waals surface area contributed by atoms with E-state index in [0.717, 1.165) is 25.7 Å². The number of hydrogen-bond acceptors (Lipinski definition) is 3. The molecule has 92 valence electrons. The Morgan fingerprint density at radius 2 is 1.88 bits per heavy atom. The summed E-state index contributed by atoms with van der Waals surface area (Å²) in [6.45, 7) is 0. The molecule has 17 heavy (non-hydrogen) atoms. The van der Waals surface area contributed by atoms with Crippen molar-refractivity contribution in [2.45, 2.75) is 38.2 Å². The van der Waals surface area contributed by atoms with Gasteiger partial charge in [-0.3, -0.25) is 0 Å². The third kappa shape index (κ3) is 3.20. The SMILES string of the molecule is OB(O)c1ccc(F)cc1OC1CCCCC1. The Hall–Kier alpha value is -1.07. The molecule has 0 amide bonds. The van der Waals surface area contributed by atoms with Crippen molar-refractivity contribution in [3.63, 3.8) is 0 Å². The first-order chi connectivity index (χ1) is 8.16. The van der Waals surface area contributed by atoms with Gasteiger partial charge in [-0.05, 0) is 31.7 Å². The van der Waals surface area contributed by atoms with Gasteiger partial charge in [0.15, 0.2) is 0 Å². The van der Waals surface area contributed by atoms with Crippen molar-refractivity contribution >= 4 is 12.6 Å². The fourth-order valence-corrected chi connectivity index (χ4v) is 2.19. The number of rotatable bonds is 3. The summed E-state index contributed by atoms with van der Waals surface area (Å²) in [6.07, 6.45) is 5.37. The minimum Gasteiger partial charge on any atom is -0.491 e. The van der Waals surface area contributed by atoms with Crippen LogP contribution in [-0.4, -0.2) is 23.3 Å². The summed E-state index contributed by atoms with van der Waals surface area (Å²) in [4.78, 5) is 0. The van der Waals surface area contributed by atoms with Crippen molar-refractivity contribution in [2.24, 2.45) is 0 Å². The zero-order valence-electron chi connectivity index (χ0n) is 9.60. The van der Waals surface area contributed by atoms with E-state index < -0.39 is 12.9 Å². The molecule has 0 aromatic heterocycles. The molecule has 1 saturated carbocycles. The highest BCUT2D eigenvalue weighted by Gasteiger charge is 2.21. The molecule has 0 aliphatic heterocycles. The molecule has 0 saturated heterocycles. The fraction of sp³-hybridized carbons (Fsp3) is 0.500. The number of ether oxygens (including phenoxy) is 1. The Kier molecular flexibility index (Phi) is 4.02. The van der Waals surface area contributed by atoms with Crippen LogP contribution in [-0.2, 0) is 0 Å². The van der Waals surface area contributed by atoms with Gasteiger partial charge >= 0.3 is 7.12 Å². The van der Waals surface area contributed by atoms with Gasteiger partial charge in [0, 0.05) is 11.5 Å². The molecule has 1 aromatic carbocycles. The molecule has 2 N–H and O–H groups in total. The van der Waals surface area contributed by atoms with Crippen LogP contribution in [0.25, 0.3) is 0 Å². The molecule has 1 aromatic rings. The standard InChI is InChI=1S/C12H16BFO3/c14-9-6-7-11(13(15)16)12(8-9)17-10-4-2-1-3-5-10/h6-8,10,15-16H,1-5H2. The summed E-state index contributed by atoms with van der Waals surface area (Å²) < 4.78 is 18.8. The summed E-state index contributed by atoms with van der Waals surface area (Å²) in [5.74, 6) is -0.188. The van der Waals surface area contributed by atoms with Gasteiger partial charge in [-0.2, -0.15) is 0 Å². The molecule has 0 spiro atoms. The molecular weight excluding hydrogens is 222 g/mol. The molecule has 0 unspecified atom stereocenters. The lowest BCUT2D eigenvalue weighted by atomic mass is 9.79. The van der Waals surface area contributed by atoms with E-state index in [0.29, 0.717) is 0 Å². The predicted molar refractivity (Wildman–Crippen MR) is 63.7 cm³/mol. The maximum Gasteiger partial charge on any atom is 0.492 e. The van der Waals surface area contributed by atoms with Gasteiger partial charge in [-0.25, -0.2) is 4.39 Å². The summed E-state index contributed by atoms with van der Waals surface area (Å²) in [6, 6.07) is 3.75. The lowest BCUT2D eigenvalue weighted by Gasteiger charge is -2.24. The fourth-order valence-electron chi connectivity index (χ4n) is 2.19. The highest BCUT2D eigenvalue weighted by molar-refractivity contribution is 6.59. The van der Waals surface area contributed by atoms with Crippen molar-refractivity contribution in [1.29, 1.82) is 0 Å². The first kappa shape index (κ1) is 12.4. The molecule has 0 heterocycles. The maximum atomic E-state index is 13.1. The van der Waals surface area contributed by atoms with E-state index >= 15 is 0 Å². The second-order valence-corrected chi connectivity index (χ2v) is 4.43. The second-order valence-electron chi connectivity index (χ2n) is 4.43. The molecule has 1 aliphatic carbocycles. The third-order valence-corrected chi connectivity index (χ3v) is 3.10. The smallest absolute Gasteiger partial charge is 0.491 e. The zero-order valence-corrected chi connectivity index (χ0v) is 9.60. The first-order valence-electron chi connectivity index (χ1n) is 5.99. The largest absolute Gasteiger partial charge is 0.492 e. The van der Waals surface area contributed by atoms with Crippen LogP contribution in [0, 0.1) is 5.82 Å². The van der Waals surface area contributed by atoms with E-state index in [1.807, 2.05) is 0 Å². The van der Waals surface area contributed by atoms with Gasteiger partial charge in [0.25, 0.3) is 0 Å². The van der Waals surface area contributed by atoms with Crippen LogP contribution >= 0.6 is 0 Å². The molecule has 5 heteroatoms. The Bertz CT molecular complexity index is 378. The van der Waals surface area contributed by atoms with Gasteiger partial charge in [0.05, 0.1) is 6.10 Å². The normalized spacial score (nSPS) is 16.9. The zero-order chi connectivity index (χ0) is 12.3.